The summed E-state index contributed by atoms with van der Waals surface area (Å²) >= 11 is 0. The van der Waals surface area contributed by atoms with Crippen LogP contribution in [-0.4, -0.2) is 108 Å². The minimum Gasteiger partial charge on any atom is -0.491 e. The van der Waals surface area contributed by atoms with E-state index in [1.165, 1.54) is 4.90 Å². The Morgan fingerprint density at radius 2 is 1.72 bits per heavy atom. The first-order valence-corrected chi connectivity index (χ1v) is 19.2. The average molecular weight is 739 g/mol. The molecule has 8 rings (SSSR count). The Labute approximate surface area is 313 Å². The summed E-state index contributed by atoms with van der Waals surface area (Å²) in [7, 11) is 0. The van der Waals surface area contributed by atoms with Gasteiger partial charge in [-0.25, -0.2) is 0 Å². The molecule has 8 atom stereocenters. The lowest BCUT2D eigenvalue weighted by Crippen LogP contribution is -2.55. The normalized spacial score (nSPS) is 30.2. The van der Waals surface area contributed by atoms with E-state index < -0.39 is 24.0 Å². The van der Waals surface area contributed by atoms with E-state index in [-0.39, 0.29) is 74.3 Å². The monoisotopic (exact) mass is 738 g/mol. The number of ether oxygens (including phenoxy) is 3. The minimum absolute atomic E-state index is 0.0692. The highest BCUT2D eigenvalue weighted by atomic mass is 16.5. The maximum Gasteiger partial charge on any atom is 0.255 e. The molecule has 6 aliphatic rings. The van der Waals surface area contributed by atoms with E-state index in [4.69, 9.17) is 19.9 Å². The van der Waals surface area contributed by atoms with Gasteiger partial charge in [-0.05, 0) is 80.2 Å². The third kappa shape index (κ3) is 7.02. The number of nitrogens with one attached hydrogen (secondary N) is 1. The van der Waals surface area contributed by atoms with Gasteiger partial charge in [0.25, 0.3) is 5.91 Å². The minimum atomic E-state index is -0.693. The van der Waals surface area contributed by atoms with E-state index in [1.54, 1.807) is 28.0 Å². The first kappa shape index (κ1) is 36.0. The largest absolute Gasteiger partial charge is 0.491 e. The third-order valence-corrected chi connectivity index (χ3v) is 12.2. The number of carbonyl (C=O) groups excluding carboxylic acids is 5. The van der Waals surface area contributed by atoms with Crippen molar-refractivity contribution in [2.45, 2.75) is 81.6 Å². The SMILES string of the molecule is N#CC1CN(C(=O)[C@@H]2CC[C@@H]3C[C@H]4C[C@H]4C[C@H](N)C(=O)N32)CC1c1cccc(OCCOCCOc2cccc3c2CN(C2CCC(=O)NC2=O)C3=O)c1. The number of amides is 5. The van der Waals surface area contributed by atoms with E-state index in [2.05, 4.69) is 11.4 Å². The molecular weight excluding hydrogens is 692 g/mol. The highest BCUT2D eigenvalue weighted by Crippen LogP contribution is 2.49. The molecule has 14 heteroatoms. The molecule has 284 valence electrons. The van der Waals surface area contributed by atoms with Gasteiger partial charge in [-0.1, -0.05) is 18.2 Å². The van der Waals surface area contributed by atoms with Crippen LogP contribution in [0.5, 0.6) is 11.5 Å². The van der Waals surface area contributed by atoms with Gasteiger partial charge in [0.2, 0.25) is 23.6 Å². The topological polar surface area (TPSA) is 185 Å². The number of nitriles is 1. The van der Waals surface area contributed by atoms with Crippen molar-refractivity contribution < 1.29 is 38.2 Å². The van der Waals surface area contributed by atoms with Gasteiger partial charge in [-0.2, -0.15) is 5.26 Å². The summed E-state index contributed by atoms with van der Waals surface area (Å²) in [6.07, 6.45) is 4.72. The fourth-order valence-corrected chi connectivity index (χ4v) is 9.27. The van der Waals surface area contributed by atoms with Gasteiger partial charge in [0.15, 0.2) is 0 Å². The van der Waals surface area contributed by atoms with Crippen LogP contribution in [0.3, 0.4) is 0 Å². The van der Waals surface area contributed by atoms with Gasteiger partial charge in [0.1, 0.15) is 36.8 Å². The molecule has 1 saturated carbocycles. The van der Waals surface area contributed by atoms with Gasteiger partial charge in [-0.15, -0.1) is 0 Å². The van der Waals surface area contributed by atoms with Crippen LogP contribution in [0.25, 0.3) is 0 Å². The second-order valence-corrected chi connectivity index (χ2v) is 15.5. The molecule has 0 radical (unpaired) electrons. The van der Waals surface area contributed by atoms with Gasteiger partial charge in [0.05, 0.1) is 37.8 Å². The molecule has 14 nitrogen and oxygen atoms in total. The standard InChI is InChI=1S/C40H46N6O8/c41-19-26-20-44(40(51)34-8-7-27-16-24-15-25(24)18-32(42)39(50)46(27)34)21-30(26)23-3-1-4-28(17-23)53-13-11-52-12-14-54-35-6-2-5-29-31(35)22-45(38(29)49)33-9-10-36(47)43-37(33)48/h1-6,17,24-27,30,32-34H,7-16,18,20-22,42H2,(H,43,47,48)/t24-,25+,26?,27-,30?,32+,33?,34+/m1/s1. The summed E-state index contributed by atoms with van der Waals surface area (Å²) in [6, 6.07) is 13.6. The number of piperidine rings is 1. The van der Waals surface area contributed by atoms with Crippen molar-refractivity contribution in [2.75, 3.05) is 39.5 Å². The van der Waals surface area contributed by atoms with Crippen LogP contribution < -0.4 is 20.5 Å². The maximum atomic E-state index is 13.9. The number of nitrogens with two attached hydrogens (primary N) is 1. The van der Waals surface area contributed by atoms with E-state index >= 15 is 0 Å². The van der Waals surface area contributed by atoms with Crippen molar-refractivity contribution in [3.63, 3.8) is 0 Å². The fourth-order valence-electron chi connectivity index (χ4n) is 9.27. The summed E-state index contributed by atoms with van der Waals surface area (Å²) < 4.78 is 17.7. The van der Waals surface area contributed by atoms with Crippen LogP contribution in [0.4, 0.5) is 0 Å². The molecule has 5 heterocycles. The Kier molecular flexibility index (Phi) is 10.0. The first-order valence-electron chi connectivity index (χ1n) is 19.2. The lowest BCUT2D eigenvalue weighted by atomic mass is 9.90. The number of carbonyl (C=O) groups is 5. The molecule has 5 fully saturated rings. The Morgan fingerprint density at radius 3 is 2.54 bits per heavy atom. The zero-order valence-electron chi connectivity index (χ0n) is 30.2. The fraction of sp³-hybridized carbons (Fsp3) is 0.550. The molecule has 5 amide bonds. The van der Waals surface area contributed by atoms with Crippen molar-refractivity contribution in [2.24, 2.45) is 23.5 Å². The van der Waals surface area contributed by atoms with E-state index in [0.29, 0.717) is 73.4 Å². The van der Waals surface area contributed by atoms with Crippen LogP contribution in [0.15, 0.2) is 42.5 Å². The second kappa shape index (κ2) is 15.0. The number of hydrogen-bond acceptors (Lipinski definition) is 10. The van der Waals surface area contributed by atoms with Crippen molar-refractivity contribution >= 4 is 29.5 Å². The molecule has 1 aliphatic carbocycles. The highest BCUT2D eigenvalue weighted by Gasteiger charge is 2.52. The Morgan fingerprint density at radius 1 is 0.926 bits per heavy atom. The maximum absolute atomic E-state index is 13.9. The highest BCUT2D eigenvalue weighted by molar-refractivity contribution is 6.05. The Balaban J connectivity index is 0.801. The van der Waals surface area contributed by atoms with Crippen LogP contribution in [0.2, 0.25) is 0 Å². The number of hydrogen-bond donors (Lipinski definition) is 2. The predicted molar refractivity (Wildman–Crippen MR) is 192 cm³/mol. The molecule has 3 unspecified atom stereocenters. The molecule has 2 aromatic rings. The molecule has 0 spiro atoms. The molecule has 54 heavy (non-hydrogen) atoms. The van der Waals surface area contributed by atoms with E-state index in [0.717, 1.165) is 24.8 Å². The number of imide groups is 1. The number of rotatable bonds is 11. The van der Waals surface area contributed by atoms with Crippen LogP contribution >= 0.6 is 0 Å². The molecule has 0 aromatic heterocycles. The van der Waals surface area contributed by atoms with Crippen LogP contribution in [-0.2, 0) is 30.5 Å². The van der Waals surface area contributed by atoms with Crippen LogP contribution in [0.1, 0.15) is 72.3 Å². The van der Waals surface area contributed by atoms with Gasteiger partial charge >= 0.3 is 0 Å². The molecule has 2 aromatic carbocycles. The van der Waals surface area contributed by atoms with Crippen LogP contribution in [0, 0.1) is 29.1 Å². The smallest absolute Gasteiger partial charge is 0.255 e. The van der Waals surface area contributed by atoms with Crippen molar-refractivity contribution in [3.8, 4) is 17.6 Å². The van der Waals surface area contributed by atoms with E-state index in [1.807, 2.05) is 24.3 Å². The lowest BCUT2D eigenvalue weighted by molar-refractivity contribution is -0.146. The van der Waals surface area contributed by atoms with Crippen molar-refractivity contribution in [1.29, 1.82) is 5.26 Å². The third-order valence-electron chi connectivity index (χ3n) is 12.2. The quantitative estimate of drug-likeness (QED) is 0.256. The number of benzene rings is 2. The average Bonchev–Trinajstić information content (AvgIpc) is 3.45. The summed E-state index contributed by atoms with van der Waals surface area (Å²) in [4.78, 5) is 69.4. The molecule has 5 aliphatic heterocycles. The van der Waals surface area contributed by atoms with Gasteiger partial charge < -0.3 is 34.6 Å². The summed E-state index contributed by atoms with van der Waals surface area (Å²) in [5.74, 6) is 0.547. The predicted octanol–water partition coefficient (Wildman–Crippen LogP) is 2.10. The second-order valence-electron chi connectivity index (χ2n) is 15.5. The zero-order valence-corrected chi connectivity index (χ0v) is 30.2. The Bertz CT molecular complexity index is 1880. The zero-order chi connectivity index (χ0) is 37.5. The molecular formula is C40H46N6O8. The Hall–Kier alpha value is -5.00. The molecule has 4 saturated heterocycles. The number of likely N-dealkylation sites (tertiary alicyclic amines) is 1. The summed E-state index contributed by atoms with van der Waals surface area (Å²) in [6.45, 7) is 2.06. The van der Waals surface area contributed by atoms with Gasteiger partial charge in [0, 0.05) is 42.6 Å². The lowest BCUT2D eigenvalue weighted by Gasteiger charge is -2.35. The number of nitrogens with zero attached hydrogens (tertiary/aromatic N) is 4. The summed E-state index contributed by atoms with van der Waals surface area (Å²) in [5.41, 5.74) is 8.43. The number of fused-ring (bicyclic) bond motifs is 3. The van der Waals surface area contributed by atoms with Crippen molar-refractivity contribution in [3.05, 3.63) is 59.2 Å². The summed E-state index contributed by atoms with van der Waals surface area (Å²) in [5, 5.41) is 12.4. The van der Waals surface area contributed by atoms with Crippen molar-refractivity contribution in [1.82, 2.24) is 20.0 Å². The van der Waals surface area contributed by atoms with Gasteiger partial charge in [-0.3, -0.25) is 29.3 Å². The first-order chi connectivity index (χ1) is 26.2. The molecule has 3 N–H and O–H groups in total. The van der Waals surface area contributed by atoms with E-state index in [9.17, 15) is 29.2 Å². The molecule has 0 bridgehead atoms.